The van der Waals surface area contributed by atoms with Gasteiger partial charge in [-0.1, -0.05) is 32.9 Å². The highest BCUT2D eigenvalue weighted by atomic mass is 16.5. The van der Waals surface area contributed by atoms with Crippen LogP contribution in [0.5, 0.6) is 0 Å². The van der Waals surface area contributed by atoms with Crippen LogP contribution in [-0.2, 0) is 12.0 Å². The van der Waals surface area contributed by atoms with Gasteiger partial charge >= 0.3 is 0 Å². The van der Waals surface area contributed by atoms with Crippen LogP contribution in [0, 0.1) is 0 Å². The van der Waals surface area contributed by atoms with Gasteiger partial charge in [-0.25, -0.2) is 0 Å². The maximum Gasteiger partial charge on any atom is 0.240 e. The van der Waals surface area contributed by atoms with Crippen molar-refractivity contribution in [1.82, 2.24) is 20.4 Å². The number of aromatic nitrogens is 2. The van der Waals surface area contributed by atoms with E-state index in [9.17, 15) is 0 Å². The molecule has 0 atom stereocenters. The summed E-state index contributed by atoms with van der Waals surface area (Å²) in [4.78, 5) is 6.97. The van der Waals surface area contributed by atoms with Crippen LogP contribution < -0.4 is 5.32 Å². The summed E-state index contributed by atoms with van der Waals surface area (Å²) in [7, 11) is 0. The summed E-state index contributed by atoms with van der Waals surface area (Å²) in [5.74, 6) is 1.54. The third-order valence-corrected chi connectivity index (χ3v) is 3.71. The first-order chi connectivity index (χ1) is 9.00. The molecule has 1 fully saturated rings. The number of rotatable bonds is 4. The Labute approximate surface area is 115 Å². The van der Waals surface area contributed by atoms with Crippen molar-refractivity contribution < 1.29 is 4.52 Å². The van der Waals surface area contributed by atoms with Gasteiger partial charge in [-0.2, -0.15) is 4.98 Å². The lowest BCUT2D eigenvalue weighted by Gasteiger charge is -2.32. The van der Waals surface area contributed by atoms with Crippen molar-refractivity contribution in [3.05, 3.63) is 11.7 Å². The smallest absolute Gasteiger partial charge is 0.240 e. The zero-order valence-corrected chi connectivity index (χ0v) is 12.6. The second-order valence-corrected chi connectivity index (χ2v) is 6.31. The van der Waals surface area contributed by atoms with Gasteiger partial charge in [0.25, 0.3) is 0 Å². The number of piperidine rings is 1. The number of nitrogens with one attached hydrogen (secondary N) is 1. The largest absolute Gasteiger partial charge is 0.338 e. The highest BCUT2D eigenvalue weighted by Gasteiger charge is 2.24. The van der Waals surface area contributed by atoms with E-state index in [0.717, 1.165) is 37.9 Å². The maximum absolute atomic E-state index is 5.40. The summed E-state index contributed by atoms with van der Waals surface area (Å²) in [6.07, 6.45) is 2.40. The van der Waals surface area contributed by atoms with Gasteiger partial charge in [0.05, 0.1) is 6.54 Å². The third-order valence-electron chi connectivity index (χ3n) is 3.71. The van der Waals surface area contributed by atoms with Gasteiger partial charge in [-0.15, -0.1) is 0 Å². The first-order valence-corrected chi connectivity index (χ1v) is 7.28. The van der Waals surface area contributed by atoms with E-state index in [1.54, 1.807) is 0 Å². The monoisotopic (exact) mass is 266 g/mol. The van der Waals surface area contributed by atoms with E-state index < -0.39 is 0 Å². The normalized spacial score (nSPS) is 18.2. The van der Waals surface area contributed by atoms with Crippen LogP contribution in [0.4, 0.5) is 0 Å². The molecule has 1 aromatic rings. The SMILES string of the molecule is CCN(Cc1nc(C(C)(C)C)no1)C1CCNCC1. The van der Waals surface area contributed by atoms with Gasteiger partial charge in [-0.05, 0) is 32.5 Å². The average molecular weight is 266 g/mol. The highest BCUT2D eigenvalue weighted by Crippen LogP contribution is 2.20. The molecule has 1 saturated heterocycles. The number of hydrogen-bond donors (Lipinski definition) is 1. The molecule has 108 valence electrons. The summed E-state index contributed by atoms with van der Waals surface area (Å²) in [6.45, 7) is 12.5. The fourth-order valence-corrected chi connectivity index (χ4v) is 2.47. The van der Waals surface area contributed by atoms with Crippen LogP contribution in [0.3, 0.4) is 0 Å². The minimum atomic E-state index is -0.0481. The Hall–Kier alpha value is -0.940. The van der Waals surface area contributed by atoms with Gasteiger partial charge in [0.1, 0.15) is 0 Å². The lowest BCUT2D eigenvalue weighted by Crippen LogP contribution is -2.42. The molecule has 1 aliphatic rings. The molecular formula is C14H26N4O. The van der Waals surface area contributed by atoms with Crippen LogP contribution in [0.25, 0.3) is 0 Å². The van der Waals surface area contributed by atoms with E-state index in [0.29, 0.717) is 6.04 Å². The Bertz CT molecular complexity index is 390. The number of hydrogen-bond acceptors (Lipinski definition) is 5. The van der Waals surface area contributed by atoms with Crippen molar-refractivity contribution in [3.8, 4) is 0 Å². The molecule has 0 amide bonds. The fraction of sp³-hybridized carbons (Fsp3) is 0.857. The van der Waals surface area contributed by atoms with Gasteiger partial charge < -0.3 is 9.84 Å². The van der Waals surface area contributed by atoms with Crippen molar-refractivity contribution in [2.24, 2.45) is 0 Å². The topological polar surface area (TPSA) is 54.2 Å². The first kappa shape index (κ1) is 14.5. The number of nitrogens with zero attached hydrogens (tertiary/aromatic N) is 3. The summed E-state index contributed by atoms with van der Waals surface area (Å²) >= 11 is 0. The summed E-state index contributed by atoms with van der Waals surface area (Å²) in [5.41, 5.74) is -0.0481. The molecule has 0 saturated carbocycles. The van der Waals surface area contributed by atoms with Crippen LogP contribution in [0.15, 0.2) is 4.52 Å². The van der Waals surface area contributed by atoms with Crippen LogP contribution in [0.1, 0.15) is 52.3 Å². The standard InChI is InChI=1S/C14H26N4O/c1-5-18(11-6-8-15-9-7-11)10-12-16-13(17-19-12)14(2,3)4/h11,15H,5-10H2,1-4H3. The van der Waals surface area contributed by atoms with Crippen molar-refractivity contribution in [2.45, 2.75) is 58.5 Å². The molecule has 2 rings (SSSR count). The van der Waals surface area contributed by atoms with Crippen LogP contribution in [-0.4, -0.2) is 40.7 Å². The minimum absolute atomic E-state index is 0.0481. The third kappa shape index (κ3) is 3.76. The van der Waals surface area contributed by atoms with E-state index in [4.69, 9.17) is 4.52 Å². The Morgan fingerprint density at radius 1 is 1.32 bits per heavy atom. The van der Waals surface area contributed by atoms with Gasteiger partial charge in [0.2, 0.25) is 5.89 Å². The van der Waals surface area contributed by atoms with E-state index in [1.165, 1.54) is 12.8 Å². The molecule has 0 aromatic carbocycles. The quantitative estimate of drug-likeness (QED) is 0.902. The zero-order valence-electron chi connectivity index (χ0n) is 12.6. The molecule has 0 aliphatic carbocycles. The Balaban J connectivity index is 1.99. The molecule has 5 nitrogen and oxygen atoms in total. The van der Waals surface area contributed by atoms with Gasteiger partial charge in [-0.3, -0.25) is 4.90 Å². The molecule has 2 heterocycles. The average Bonchev–Trinajstić information content (AvgIpc) is 2.85. The second kappa shape index (κ2) is 6.01. The molecule has 0 spiro atoms. The predicted octanol–water partition coefficient (Wildman–Crippen LogP) is 1.94. The molecule has 19 heavy (non-hydrogen) atoms. The molecule has 0 unspecified atom stereocenters. The van der Waals surface area contributed by atoms with Crippen molar-refractivity contribution in [1.29, 1.82) is 0 Å². The van der Waals surface area contributed by atoms with Crippen molar-refractivity contribution >= 4 is 0 Å². The Kier molecular flexibility index (Phi) is 4.58. The molecule has 1 N–H and O–H groups in total. The van der Waals surface area contributed by atoms with Crippen molar-refractivity contribution in [3.63, 3.8) is 0 Å². The summed E-state index contributed by atoms with van der Waals surface area (Å²) < 4.78 is 5.40. The van der Waals surface area contributed by atoms with Crippen LogP contribution >= 0.6 is 0 Å². The van der Waals surface area contributed by atoms with E-state index in [2.05, 4.69) is 48.1 Å². The molecule has 1 aliphatic heterocycles. The van der Waals surface area contributed by atoms with E-state index in [-0.39, 0.29) is 5.41 Å². The van der Waals surface area contributed by atoms with Gasteiger partial charge in [0, 0.05) is 11.5 Å². The molecule has 0 radical (unpaired) electrons. The predicted molar refractivity (Wildman–Crippen MR) is 75.0 cm³/mol. The Morgan fingerprint density at radius 3 is 2.53 bits per heavy atom. The summed E-state index contributed by atoms with van der Waals surface area (Å²) in [6, 6.07) is 0.635. The minimum Gasteiger partial charge on any atom is -0.338 e. The highest BCUT2D eigenvalue weighted by molar-refractivity contribution is 5.00. The van der Waals surface area contributed by atoms with E-state index in [1.807, 2.05) is 0 Å². The van der Waals surface area contributed by atoms with E-state index >= 15 is 0 Å². The second-order valence-electron chi connectivity index (χ2n) is 6.31. The molecular weight excluding hydrogens is 240 g/mol. The zero-order chi connectivity index (χ0) is 13.9. The molecule has 0 bridgehead atoms. The Morgan fingerprint density at radius 2 is 2.00 bits per heavy atom. The lowest BCUT2D eigenvalue weighted by atomic mass is 9.96. The van der Waals surface area contributed by atoms with Crippen LogP contribution in [0.2, 0.25) is 0 Å². The fourth-order valence-electron chi connectivity index (χ4n) is 2.47. The van der Waals surface area contributed by atoms with Crippen molar-refractivity contribution in [2.75, 3.05) is 19.6 Å². The molecule has 1 aromatic heterocycles. The first-order valence-electron chi connectivity index (χ1n) is 7.28. The molecule has 5 heteroatoms. The maximum atomic E-state index is 5.40. The van der Waals surface area contributed by atoms with Gasteiger partial charge in [0.15, 0.2) is 5.82 Å². The summed E-state index contributed by atoms with van der Waals surface area (Å²) in [5, 5.41) is 7.50. The lowest BCUT2D eigenvalue weighted by molar-refractivity contribution is 0.144.